The van der Waals surface area contributed by atoms with E-state index in [2.05, 4.69) is 42.3 Å². The van der Waals surface area contributed by atoms with Crippen molar-refractivity contribution in [2.75, 3.05) is 19.0 Å². The summed E-state index contributed by atoms with van der Waals surface area (Å²) in [7, 11) is 1.47. The summed E-state index contributed by atoms with van der Waals surface area (Å²) in [5, 5.41) is 14.2. The first kappa shape index (κ1) is 30.9. The molecule has 6 rings (SSSR count). The van der Waals surface area contributed by atoms with Gasteiger partial charge in [-0.15, -0.1) is 0 Å². The van der Waals surface area contributed by atoms with Gasteiger partial charge in [0.2, 0.25) is 0 Å². The zero-order valence-electron chi connectivity index (χ0n) is 26.2. The summed E-state index contributed by atoms with van der Waals surface area (Å²) in [5.41, 5.74) is 6.07. The molecule has 2 aromatic carbocycles. The molecular weight excluding hydrogens is 572 g/mol. The molecule has 3 aliphatic carbocycles. The fraction of sp³-hybridized carbons (Fsp3) is 0.514. The number of halogens is 1. The van der Waals surface area contributed by atoms with Crippen molar-refractivity contribution in [3.8, 4) is 5.75 Å². The normalized spacial score (nSPS) is 26.5. The number of hydrogen-bond acceptors (Lipinski definition) is 6. The highest BCUT2D eigenvalue weighted by Gasteiger charge is 2.54. The van der Waals surface area contributed by atoms with Gasteiger partial charge >= 0.3 is 5.97 Å². The molecule has 1 unspecified atom stereocenters. The van der Waals surface area contributed by atoms with E-state index in [1.54, 1.807) is 0 Å². The van der Waals surface area contributed by atoms with E-state index in [0.717, 1.165) is 49.1 Å². The lowest BCUT2D eigenvalue weighted by Crippen LogP contribution is -2.53. The predicted octanol–water partition coefficient (Wildman–Crippen LogP) is 7.78. The molecule has 0 aliphatic heterocycles. The van der Waals surface area contributed by atoms with Crippen LogP contribution in [0.3, 0.4) is 0 Å². The summed E-state index contributed by atoms with van der Waals surface area (Å²) < 4.78 is 11.9. The second kappa shape index (κ2) is 12.7. The standard InChI is InChI=1S/C37H45ClN2O4/c1-24(23-44-33-12-17-39-32-9-4-6-25(2)34(32)33)18-28-20-27-11-10-26(22-41)19-31(27)36(28)13-15-37(16-14-36,35(42)43-3)40-30-8-5-7-29(38)21-30/h5,7-8,10-12,17,19,21,24-25,28,40-41H,4,6,9,13-16,18,20,22-23H2,1-3H3/t24-,25-,28?,36?,37?/m1/s1. The van der Waals surface area contributed by atoms with Gasteiger partial charge in [-0.2, -0.15) is 0 Å². The molecule has 3 aromatic rings. The molecule has 1 fully saturated rings. The number of aromatic nitrogens is 1. The molecule has 0 amide bonds. The van der Waals surface area contributed by atoms with E-state index in [-0.39, 0.29) is 18.0 Å². The van der Waals surface area contributed by atoms with Gasteiger partial charge < -0.3 is 19.9 Å². The van der Waals surface area contributed by atoms with Gasteiger partial charge in [-0.3, -0.25) is 4.98 Å². The molecule has 1 aromatic heterocycles. The lowest BCUT2D eigenvalue weighted by molar-refractivity contribution is -0.148. The first-order valence-electron chi connectivity index (χ1n) is 16.2. The molecule has 0 bridgehead atoms. The van der Waals surface area contributed by atoms with E-state index in [0.29, 0.717) is 42.2 Å². The Morgan fingerprint density at radius 2 is 1.98 bits per heavy atom. The fourth-order valence-corrected chi connectivity index (χ4v) is 8.62. The Kier molecular flexibility index (Phi) is 8.94. The van der Waals surface area contributed by atoms with Crippen LogP contribution in [0.2, 0.25) is 5.02 Å². The number of rotatable bonds is 9. The minimum atomic E-state index is -0.821. The van der Waals surface area contributed by atoms with Crippen molar-refractivity contribution in [2.45, 2.75) is 95.1 Å². The molecule has 0 radical (unpaired) electrons. The van der Waals surface area contributed by atoms with E-state index in [9.17, 15) is 9.90 Å². The van der Waals surface area contributed by atoms with Crippen molar-refractivity contribution in [2.24, 2.45) is 11.8 Å². The molecule has 3 aliphatic rings. The van der Waals surface area contributed by atoms with E-state index in [1.807, 2.05) is 36.5 Å². The number of carbonyl (C=O) groups excluding carboxylic acids is 1. The van der Waals surface area contributed by atoms with Crippen LogP contribution in [0.15, 0.2) is 54.7 Å². The van der Waals surface area contributed by atoms with Crippen molar-refractivity contribution in [3.63, 3.8) is 0 Å². The summed E-state index contributed by atoms with van der Waals surface area (Å²) in [4.78, 5) is 18.0. The van der Waals surface area contributed by atoms with Gasteiger partial charge in [0.15, 0.2) is 0 Å². The third-order valence-electron chi connectivity index (χ3n) is 10.7. The monoisotopic (exact) mass is 616 g/mol. The molecule has 1 spiro atoms. The highest BCUT2D eigenvalue weighted by atomic mass is 35.5. The number of methoxy groups -OCH3 is 1. The minimum Gasteiger partial charge on any atom is -0.493 e. The van der Waals surface area contributed by atoms with Crippen molar-refractivity contribution in [1.82, 2.24) is 4.98 Å². The van der Waals surface area contributed by atoms with Gasteiger partial charge in [-0.1, -0.05) is 49.7 Å². The smallest absolute Gasteiger partial charge is 0.331 e. The Morgan fingerprint density at radius 3 is 2.73 bits per heavy atom. The number of nitrogens with zero attached hydrogens (tertiary/aromatic N) is 1. The number of hydrogen-bond donors (Lipinski definition) is 2. The van der Waals surface area contributed by atoms with Gasteiger partial charge in [-0.05, 0) is 122 Å². The number of fused-ring (bicyclic) bond motifs is 3. The summed E-state index contributed by atoms with van der Waals surface area (Å²) >= 11 is 6.29. The average molecular weight is 617 g/mol. The van der Waals surface area contributed by atoms with E-state index in [1.165, 1.54) is 42.3 Å². The summed E-state index contributed by atoms with van der Waals surface area (Å²) in [5.74, 6) is 2.01. The van der Waals surface area contributed by atoms with Gasteiger partial charge in [0, 0.05) is 28.2 Å². The molecule has 6 nitrogen and oxygen atoms in total. The van der Waals surface area contributed by atoms with Gasteiger partial charge in [0.25, 0.3) is 0 Å². The number of aryl methyl sites for hydroxylation is 1. The van der Waals surface area contributed by atoms with Crippen LogP contribution < -0.4 is 10.1 Å². The molecular formula is C37H45ClN2O4. The zero-order chi connectivity index (χ0) is 30.9. The number of carbonyl (C=O) groups is 1. The van der Waals surface area contributed by atoms with Crippen molar-refractivity contribution >= 4 is 23.3 Å². The second-order valence-electron chi connectivity index (χ2n) is 13.5. The lowest BCUT2D eigenvalue weighted by Gasteiger charge is -2.48. The number of aliphatic hydroxyl groups excluding tert-OH is 1. The summed E-state index contributed by atoms with van der Waals surface area (Å²) in [6.07, 6.45) is 10.3. The van der Waals surface area contributed by atoms with Crippen LogP contribution >= 0.6 is 11.6 Å². The molecule has 1 saturated carbocycles. The van der Waals surface area contributed by atoms with Crippen LogP contribution in [0.1, 0.15) is 92.7 Å². The summed E-state index contributed by atoms with van der Waals surface area (Å²) in [6, 6.07) is 16.1. The lowest BCUT2D eigenvalue weighted by atomic mass is 9.59. The molecule has 3 atom stereocenters. The molecule has 0 saturated heterocycles. The highest BCUT2D eigenvalue weighted by Crippen LogP contribution is 2.56. The Bertz CT molecular complexity index is 1500. The molecule has 7 heteroatoms. The number of pyridine rings is 1. The van der Waals surface area contributed by atoms with Crippen molar-refractivity contribution in [1.29, 1.82) is 0 Å². The average Bonchev–Trinajstić information content (AvgIpc) is 3.32. The first-order chi connectivity index (χ1) is 21.3. The van der Waals surface area contributed by atoms with Crippen LogP contribution in [0, 0.1) is 11.8 Å². The minimum absolute atomic E-state index is 0.0232. The van der Waals surface area contributed by atoms with Gasteiger partial charge in [0.05, 0.1) is 20.3 Å². The third kappa shape index (κ3) is 5.83. The number of nitrogens with one attached hydrogen (secondary N) is 1. The number of esters is 1. The van der Waals surface area contributed by atoms with Crippen LogP contribution in [0.25, 0.3) is 0 Å². The van der Waals surface area contributed by atoms with Gasteiger partial charge in [0.1, 0.15) is 11.3 Å². The van der Waals surface area contributed by atoms with Crippen molar-refractivity contribution in [3.05, 3.63) is 87.7 Å². The fourth-order valence-electron chi connectivity index (χ4n) is 8.43. The largest absolute Gasteiger partial charge is 0.493 e. The van der Waals surface area contributed by atoms with Crippen LogP contribution in [0.4, 0.5) is 5.69 Å². The SMILES string of the molecule is COC(=O)C1(Nc2cccc(Cl)c2)CCC2(CC1)c1cc(CO)ccc1CC2C[C@@H](C)COc1ccnc2c1[C@H](C)CCC2. The maximum absolute atomic E-state index is 13.4. The number of aliphatic hydroxyl groups is 1. The highest BCUT2D eigenvalue weighted by molar-refractivity contribution is 6.30. The van der Waals surface area contributed by atoms with E-state index >= 15 is 0 Å². The first-order valence-corrected chi connectivity index (χ1v) is 16.6. The number of ether oxygens (including phenoxy) is 2. The number of benzene rings is 2. The summed E-state index contributed by atoms with van der Waals surface area (Å²) in [6.45, 7) is 5.27. The van der Waals surface area contributed by atoms with Crippen LogP contribution in [-0.4, -0.2) is 35.3 Å². The predicted molar refractivity (Wildman–Crippen MR) is 174 cm³/mol. The van der Waals surface area contributed by atoms with Crippen molar-refractivity contribution < 1.29 is 19.4 Å². The molecule has 2 N–H and O–H groups in total. The molecule has 44 heavy (non-hydrogen) atoms. The maximum Gasteiger partial charge on any atom is 0.331 e. The van der Waals surface area contributed by atoms with Gasteiger partial charge in [-0.25, -0.2) is 4.79 Å². The molecule has 1 heterocycles. The third-order valence-corrected chi connectivity index (χ3v) is 10.9. The van der Waals surface area contributed by atoms with Crippen LogP contribution in [0.5, 0.6) is 5.75 Å². The number of anilines is 1. The maximum atomic E-state index is 13.4. The Labute approximate surface area is 266 Å². The van der Waals surface area contributed by atoms with E-state index < -0.39 is 5.54 Å². The second-order valence-corrected chi connectivity index (χ2v) is 14.0. The Morgan fingerprint density at radius 1 is 1.16 bits per heavy atom. The quantitative estimate of drug-likeness (QED) is 0.239. The van der Waals surface area contributed by atoms with Crippen LogP contribution in [-0.2, 0) is 34.4 Å². The molecule has 234 valence electrons. The topological polar surface area (TPSA) is 80.7 Å². The Hall–Kier alpha value is -3.09. The Balaban J connectivity index is 1.23. The zero-order valence-corrected chi connectivity index (χ0v) is 27.0. The van der Waals surface area contributed by atoms with E-state index in [4.69, 9.17) is 21.1 Å².